The molecule has 0 saturated heterocycles. The Kier molecular flexibility index (Phi) is 1.98. The molecule has 0 atom stereocenters. The number of hydrogen-bond donors (Lipinski definition) is 1. The molecule has 2 aromatic rings. The highest BCUT2D eigenvalue weighted by molar-refractivity contribution is 7.13. The second-order valence-electron chi connectivity index (χ2n) is 2.44. The molecule has 2 rings (SSSR count). The van der Waals surface area contributed by atoms with Gasteiger partial charge < -0.3 is 9.52 Å². The molecule has 2 heterocycles. The third-order valence-corrected chi connectivity index (χ3v) is 2.53. The summed E-state index contributed by atoms with van der Waals surface area (Å²) in [6.07, 6.45) is 1.66. The van der Waals surface area contributed by atoms with Crippen LogP contribution in [0.15, 0.2) is 34.3 Å². The van der Waals surface area contributed by atoms with Gasteiger partial charge in [-0.3, -0.25) is 0 Å². The van der Waals surface area contributed by atoms with Gasteiger partial charge in [-0.15, -0.1) is 11.3 Å². The number of thiophene rings is 1. The van der Waals surface area contributed by atoms with Crippen molar-refractivity contribution in [1.29, 1.82) is 0 Å². The molecule has 12 heavy (non-hydrogen) atoms. The Morgan fingerprint density at radius 1 is 1.50 bits per heavy atom. The summed E-state index contributed by atoms with van der Waals surface area (Å²) in [6, 6.07) is 5.87. The van der Waals surface area contributed by atoms with Crippen molar-refractivity contribution in [1.82, 2.24) is 0 Å². The minimum Gasteiger partial charge on any atom is -0.466 e. The lowest BCUT2D eigenvalue weighted by atomic mass is 10.2. The van der Waals surface area contributed by atoms with Gasteiger partial charge in [0.25, 0.3) is 0 Å². The van der Waals surface area contributed by atoms with Crippen molar-refractivity contribution < 1.29 is 9.52 Å². The lowest BCUT2D eigenvalue weighted by Gasteiger charge is -1.84. The molecule has 0 aromatic carbocycles. The Morgan fingerprint density at radius 2 is 2.42 bits per heavy atom. The van der Waals surface area contributed by atoms with Gasteiger partial charge in [-0.1, -0.05) is 6.07 Å². The van der Waals surface area contributed by atoms with E-state index in [2.05, 4.69) is 0 Å². The van der Waals surface area contributed by atoms with Crippen molar-refractivity contribution in [3.8, 4) is 10.4 Å². The lowest BCUT2D eigenvalue weighted by Crippen LogP contribution is -1.73. The molecule has 0 fully saturated rings. The fourth-order valence-electron chi connectivity index (χ4n) is 1.04. The Morgan fingerprint density at radius 3 is 3.00 bits per heavy atom. The maximum absolute atomic E-state index is 8.76. The smallest absolute Gasteiger partial charge is 0.129 e. The predicted molar refractivity (Wildman–Crippen MR) is 47.9 cm³/mol. The van der Waals surface area contributed by atoms with Crippen molar-refractivity contribution in [3.05, 3.63) is 35.6 Å². The Balaban J connectivity index is 2.35. The van der Waals surface area contributed by atoms with Crippen LogP contribution in [0.4, 0.5) is 0 Å². The lowest BCUT2D eigenvalue weighted by molar-refractivity contribution is 0.247. The number of hydrogen-bond acceptors (Lipinski definition) is 3. The maximum atomic E-state index is 8.76. The molecule has 0 radical (unpaired) electrons. The van der Waals surface area contributed by atoms with Gasteiger partial charge in [-0.05, 0) is 17.5 Å². The Hall–Kier alpha value is -1.06. The maximum Gasteiger partial charge on any atom is 0.129 e. The summed E-state index contributed by atoms with van der Waals surface area (Å²) in [5.74, 6) is 0.610. The van der Waals surface area contributed by atoms with Crippen molar-refractivity contribution in [3.63, 3.8) is 0 Å². The molecule has 0 bridgehead atoms. The standard InChI is InChI=1S/C9H8O2S/c10-5-8-4-7(6-11-8)9-2-1-3-12-9/h1-4,6,10H,5H2. The zero-order chi connectivity index (χ0) is 8.39. The average molecular weight is 180 g/mol. The number of furan rings is 1. The molecule has 0 amide bonds. The molecule has 2 nitrogen and oxygen atoms in total. The van der Waals surface area contributed by atoms with Gasteiger partial charge in [-0.2, -0.15) is 0 Å². The molecule has 0 aliphatic heterocycles. The van der Waals surface area contributed by atoms with Crippen LogP contribution in [0.5, 0.6) is 0 Å². The second kappa shape index (κ2) is 3.13. The van der Waals surface area contributed by atoms with Gasteiger partial charge >= 0.3 is 0 Å². The third-order valence-electron chi connectivity index (χ3n) is 1.62. The van der Waals surface area contributed by atoms with Crippen LogP contribution in [-0.4, -0.2) is 5.11 Å². The molecule has 62 valence electrons. The van der Waals surface area contributed by atoms with Crippen LogP contribution in [0.3, 0.4) is 0 Å². The summed E-state index contributed by atoms with van der Waals surface area (Å²) in [5.41, 5.74) is 1.04. The van der Waals surface area contributed by atoms with E-state index in [0.29, 0.717) is 5.76 Å². The topological polar surface area (TPSA) is 33.4 Å². The first-order valence-corrected chi connectivity index (χ1v) is 4.50. The van der Waals surface area contributed by atoms with Gasteiger partial charge in [0.05, 0.1) is 6.26 Å². The largest absolute Gasteiger partial charge is 0.466 e. The normalized spacial score (nSPS) is 10.4. The minimum absolute atomic E-state index is 0.0363. The molecule has 0 aliphatic rings. The van der Waals surface area contributed by atoms with Crippen LogP contribution in [-0.2, 0) is 6.61 Å². The van der Waals surface area contributed by atoms with E-state index in [1.54, 1.807) is 17.6 Å². The second-order valence-corrected chi connectivity index (χ2v) is 3.38. The van der Waals surface area contributed by atoms with Crippen LogP contribution in [0.25, 0.3) is 10.4 Å². The zero-order valence-electron chi connectivity index (χ0n) is 6.36. The number of rotatable bonds is 2. The number of aliphatic hydroxyl groups excluding tert-OH is 1. The summed E-state index contributed by atoms with van der Waals surface area (Å²) in [6.45, 7) is -0.0363. The van der Waals surface area contributed by atoms with Crippen molar-refractivity contribution in [2.45, 2.75) is 6.61 Å². The minimum atomic E-state index is -0.0363. The molecular weight excluding hydrogens is 172 g/mol. The zero-order valence-corrected chi connectivity index (χ0v) is 7.17. The molecule has 1 N–H and O–H groups in total. The fourth-order valence-corrected chi connectivity index (χ4v) is 1.74. The average Bonchev–Trinajstić information content (AvgIpc) is 2.75. The summed E-state index contributed by atoms with van der Waals surface area (Å²) in [5, 5.41) is 10.8. The Bertz CT molecular complexity index is 348. The predicted octanol–water partition coefficient (Wildman–Crippen LogP) is 2.50. The first-order chi connectivity index (χ1) is 5.90. The Labute approximate surface area is 74.1 Å². The molecule has 0 unspecified atom stereocenters. The van der Waals surface area contributed by atoms with Crippen LogP contribution in [0.1, 0.15) is 5.76 Å². The molecular formula is C9H8O2S. The fraction of sp³-hybridized carbons (Fsp3) is 0.111. The quantitative estimate of drug-likeness (QED) is 0.770. The van der Waals surface area contributed by atoms with Gasteiger partial charge in [0.1, 0.15) is 12.4 Å². The highest BCUT2D eigenvalue weighted by atomic mass is 32.1. The highest BCUT2D eigenvalue weighted by Crippen LogP contribution is 2.26. The van der Waals surface area contributed by atoms with E-state index in [4.69, 9.17) is 9.52 Å². The summed E-state index contributed by atoms with van der Waals surface area (Å²) < 4.78 is 5.09. The summed E-state index contributed by atoms with van der Waals surface area (Å²) in [7, 11) is 0. The highest BCUT2D eigenvalue weighted by Gasteiger charge is 2.02. The molecule has 0 spiro atoms. The van der Waals surface area contributed by atoms with Gasteiger partial charge in [0, 0.05) is 10.4 Å². The van der Waals surface area contributed by atoms with Crippen molar-refractivity contribution in [2.24, 2.45) is 0 Å². The van der Waals surface area contributed by atoms with Crippen molar-refractivity contribution in [2.75, 3.05) is 0 Å². The van der Waals surface area contributed by atoms with Crippen molar-refractivity contribution >= 4 is 11.3 Å². The SMILES string of the molecule is OCc1cc(-c2cccs2)co1. The van der Waals surface area contributed by atoms with Crippen LogP contribution in [0.2, 0.25) is 0 Å². The van der Waals surface area contributed by atoms with Crippen LogP contribution >= 0.6 is 11.3 Å². The molecule has 3 heteroatoms. The van der Waals surface area contributed by atoms with Crippen LogP contribution in [0, 0.1) is 0 Å². The van der Waals surface area contributed by atoms with E-state index in [0.717, 1.165) is 5.56 Å². The van der Waals surface area contributed by atoms with Gasteiger partial charge in [-0.25, -0.2) is 0 Å². The van der Waals surface area contributed by atoms with E-state index in [-0.39, 0.29) is 6.61 Å². The monoisotopic (exact) mass is 180 g/mol. The molecule has 2 aromatic heterocycles. The van der Waals surface area contributed by atoms with Crippen LogP contribution < -0.4 is 0 Å². The van der Waals surface area contributed by atoms with E-state index in [1.807, 2.05) is 23.6 Å². The van der Waals surface area contributed by atoms with E-state index >= 15 is 0 Å². The first kappa shape index (κ1) is 7.58. The van der Waals surface area contributed by atoms with E-state index in [1.165, 1.54) is 4.88 Å². The molecule has 0 saturated carbocycles. The first-order valence-electron chi connectivity index (χ1n) is 3.62. The summed E-state index contributed by atoms with van der Waals surface area (Å²) in [4.78, 5) is 1.17. The third kappa shape index (κ3) is 1.29. The molecule has 0 aliphatic carbocycles. The van der Waals surface area contributed by atoms with Gasteiger partial charge in [0.15, 0.2) is 0 Å². The van der Waals surface area contributed by atoms with E-state index < -0.39 is 0 Å². The summed E-state index contributed by atoms with van der Waals surface area (Å²) >= 11 is 1.66. The van der Waals surface area contributed by atoms with E-state index in [9.17, 15) is 0 Å². The number of aliphatic hydroxyl groups is 1. The van der Waals surface area contributed by atoms with Gasteiger partial charge in [0.2, 0.25) is 0 Å².